The molecule has 0 atom stereocenters. The first-order chi connectivity index (χ1) is 11.7. The SMILES string of the molecule is C=C(C)C(=O)OCOP(=O)(OCOC(=O)C(=C)C)c1ccccc1C. The van der Waals surface area contributed by atoms with Gasteiger partial charge in [-0.1, -0.05) is 31.4 Å². The average Bonchev–Trinajstić information content (AvgIpc) is 2.54. The lowest BCUT2D eigenvalue weighted by Crippen LogP contribution is -2.18. The molecule has 0 saturated heterocycles. The van der Waals surface area contributed by atoms with Crippen LogP contribution in [-0.2, 0) is 32.7 Å². The van der Waals surface area contributed by atoms with E-state index >= 15 is 0 Å². The lowest BCUT2D eigenvalue weighted by Gasteiger charge is -2.20. The Morgan fingerprint density at radius 3 is 1.80 bits per heavy atom. The molecule has 0 unspecified atom stereocenters. The molecule has 0 radical (unpaired) electrons. The number of hydrogen-bond donors (Lipinski definition) is 0. The normalized spacial score (nSPS) is 10.8. The van der Waals surface area contributed by atoms with E-state index in [0.29, 0.717) is 5.56 Å². The van der Waals surface area contributed by atoms with Gasteiger partial charge in [0.2, 0.25) is 13.6 Å². The molecule has 25 heavy (non-hydrogen) atoms. The summed E-state index contributed by atoms with van der Waals surface area (Å²) >= 11 is 0. The van der Waals surface area contributed by atoms with Crippen LogP contribution in [0.4, 0.5) is 0 Å². The highest BCUT2D eigenvalue weighted by molar-refractivity contribution is 7.62. The monoisotopic (exact) mass is 368 g/mol. The predicted molar refractivity (Wildman–Crippen MR) is 92.1 cm³/mol. The molecule has 7 nitrogen and oxygen atoms in total. The Kier molecular flexibility index (Phi) is 7.77. The number of hydrogen-bond acceptors (Lipinski definition) is 7. The quantitative estimate of drug-likeness (QED) is 0.286. The first-order valence-electron chi connectivity index (χ1n) is 7.28. The summed E-state index contributed by atoms with van der Waals surface area (Å²) in [5.41, 5.74) is 0.986. The molecule has 0 N–H and O–H groups in total. The molecule has 0 aliphatic heterocycles. The number of carbonyl (C=O) groups excluding carboxylic acids is 2. The molecular weight excluding hydrogens is 347 g/mol. The summed E-state index contributed by atoms with van der Waals surface area (Å²) in [7, 11) is -3.90. The Hall–Kier alpha value is -2.21. The van der Waals surface area contributed by atoms with Crippen molar-refractivity contribution in [2.75, 3.05) is 13.6 Å². The van der Waals surface area contributed by atoms with Gasteiger partial charge in [-0.15, -0.1) is 0 Å². The van der Waals surface area contributed by atoms with E-state index in [1.807, 2.05) is 0 Å². The minimum Gasteiger partial charge on any atom is -0.435 e. The number of esters is 2. The van der Waals surface area contributed by atoms with Crippen molar-refractivity contribution in [2.45, 2.75) is 20.8 Å². The molecule has 0 fully saturated rings. The number of aryl methyl sites for hydroxylation is 1. The van der Waals surface area contributed by atoms with Crippen molar-refractivity contribution in [3.63, 3.8) is 0 Å². The predicted octanol–water partition coefficient (Wildman–Crippen LogP) is 3.00. The minimum absolute atomic E-state index is 0.172. The van der Waals surface area contributed by atoms with Gasteiger partial charge < -0.3 is 9.47 Å². The van der Waals surface area contributed by atoms with E-state index in [1.54, 1.807) is 31.2 Å². The molecule has 0 bridgehead atoms. The third-order valence-corrected chi connectivity index (χ3v) is 4.92. The maximum absolute atomic E-state index is 13.1. The van der Waals surface area contributed by atoms with Gasteiger partial charge in [0.05, 0.1) is 5.30 Å². The second kappa shape index (κ2) is 9.32. The topological polar surface area (TPSA) is 88.1 Å². The zero-order chi connectivity index (χ0) is 19.0. The van der Waals surface area contributed by atoms with Crippen molar-refractivity contribution < 1.29 is 32.7 Å². The zero-order valence-electron chi connectivity index (χ0n) is 14.4. The van der Waals surface area contributed by atoms with Crippen LogP contribution in [0.25, 0.3) is 0 Å². The molecule has 0 aliphatic rings. The van der Waals surface area contributed by atoms with Crippen LogP contribution < -0.4 is 5.30 Å². The van der Waals surface area contributed by atoms with E-state index in [9.17, 15) is 14.2 Å². The van der Waals surface area contributed by atoms with Crippen LogP contribution in [0.1, 0.15) is 19.4 Å². The summed E-state index contributed by atoms with van der Waals surface area (Å²) < 4.78 is 33.0. The van der Waals surface area contributed by atoms with Crippen LogP contribution in [0.3, 0.4) is 0 Å². The van der Waals surface area contributed by atoms with Crippen molar-refractivity contribution in [3.05, 3.63) is 54.1 Å². The second-order valence-electron chi connectivity index (χ2n) is 5.20. The Bertz CT molecular complexity index is 687. The molecule has 8 heteroatoms. The minimum atomic E-state index is -3.90. The molecule has 1 rings (SSSR count). The van der Waals surface area contributed by atoms with E-state index in [4.69, 9.17) is 18.5 Å². The standard InChI is InChI=1S/C17H21O7P/c1-12(2)16(18)21-10-23-25(20,15-9-7-6-8-14(15)5)24-11-22-17(19)13(3)4/h6-9H,1,3,10-11H2,2,4-5H3. The molecule has 0 spiro atoms. The fourth-order valence-corrected chi connectivity index (χ4v) is 3.10. The summed E-state index contributed by atoms with van der Waals surface area (Å²) in [6.45, 7) is 10.3. The largest absolute Gasteiger partial charge is 0.435 e. The molecule has 0 aliphatic carbocycles. The van der Waals surface area contributed by atoms with Gasteiger partial charge in [0, 0.05) is 11.1 Å². The van der Waals surface area contributed by atoms with Crippen molar-refractivity contribution >= 4 is 24.8 Å². The number of benzene rings is 1. The van der Waals surface area contributed by atoms with Gasteiger partial charge in [-0.2, -0.15) is 0 Å². The molecule has 0 amide bonds. The maximum atomic E-state index is 13.1. The first-order valence-corrected chi connectivity index (χ1v) is 8.82. The maximum Gasteiger partial charge on any atom is 0.367 e. The van der Waals surface area contributed by atoms with Gasteiger partial charge in [-0.3, -0.25) is 13.6 Å². The van der Waals surface area contributed by atoms with Crippen LogP contribution in [-0.4, -0.2) is 25.5 Å². The van der Waals surface area contributed by atoms with Crippen molar-refractivity contribution in [1.29, 1.82) is 0 Å². The van der Waals surface area contributed by atoms with E-state index in [-0.39, 0.29) is 16.5 Å². The summed E-state index contributed by atoms with van der Waals surface area (Å²) in [5.74, 6) is -1.38. The third-order valence-electron chi connectivity index (χ3n) is 2.93. The smallest absolute Gasteiger partial charge is 0.367 e. The van der Waals surface area contributed by atoms with Gasteiger partial charge in [0.15, 0.2) is 0 Å². The lowest BCUT2D eigenvalue weighted by atomic mass is 10.2. The summed E-state index contributed by atoms with van der Waals surface area (Å²) in [5, 5.41) is 0.271. The van der Waals surface area contributed by atoms with Gasteiger partial charge in [-0.05, 0) is 32.4 Å². The molecule has 136 valence electrons. The van der Waals surface area contributed by atoms with E-state index in [2.05, 4.69) is 13.2 Å². The van der Waals surface area contributed by atoms with Crippen LogP contribution in [0, 0.1) is 6.92 Å². The highest BCUT2D eigenvalue weighted by Gasteiger charge is 2.30. The second-order valence-corrected chi connectivity index (χ2v) is 7.20. The van der Waals surface area contributed by atoms with Crippen molar-refractivity contribution in [1.82, 2.24) is 0 Å². The highest BCUT2D eigenvalue weighted by atomic mass is 31.2. The lowest BCUT2D eigenvalue weighted by molar-refractivity contribution is -0.147. The van der Waals surface area contributed by atoms with Gasteiger partial charge >= 0.3 is 19.5 Å². The summed E-state index contributed by atoms with van der Waals surface area (Å²) in [6.07, 6.45) is 0. The Morgan fingerprint density at radius 1 is 0.960 bits per heavy atom. The van der Waals surface area contributed by atoms with Gasteiger partial charge in [-0.25, -0.2) is 9.59 Å². The molecule has 0 saturated carbocycles. The Labute approximate surface area is 146 Å². The summed E-state index contributed by atoms with van der Waals surface area (Å²) in [6, 6.07) is 6.68. The third kappa shape index (κ3) is 6.31. The van der Waals surface area contributed by atoms with Crippen LogP contribution in [0.5, 0.6) is 0 Å². The Morgan fingerprint density at radius 2 is 1.40 bits per heavy atom. The van der Waals surface area contributed by atoms with Gasteiger partial charge in [0.1, 0.15) is 0 Å². The van der Waals surface area contributed by atoms with Crippen molar-refractivity contribution in [3.8, 4) is 0 Å². The molecule has 0 heterocycles. The molecular formula is C17H21O7P. The first kappa shape index (κ1) is 20.8. The Balaban J connectivity index is 2.87. The number of carbonyl (C=O) groups is 2. The van der Waals surface area contributed by atoms with Gasteiger partial charge in [0.25, 0.3) is 0 Å². The summed E-state index contributed by atoms with van der Waals surface area (Å²) in [4.78, 5) is 22.8. The van der Waals surface area contributed by atoms with E-state index in [1.165, 1.54) is 13.8 Å². The molecule has 0 aromatic heterocycles. The van der Waals surface area contributed by atoms with Crippen LogP contribution in [0.15, 0.2) is 48.6 Å². The fraction of sp³-hybridized carbons (Fsp3) is 0.294. The highest BCUT2D eigenvalue weighted by Crippen LogP contribution is 2.47. The number of rotatable bonds is 9. The number of ether oxygens (including phenoxy) is 2. The molecule has 1 aromatic rings. The van der Waals surface area contributed by atoms with E-state index in [0.717, 1.165) is 0 Å². The van der Waals surface area contributed by atoms with Crippen molar-refractivity contribution in [2.24, 2.45) is 0 Å². The van der Waals surface area contributed by atoms with E-state index < -0.39 is 33.1 Å². The van der Waals surface area contributed by atoms with Crippen LogP contribution >= 0.6 is 7.60 Å². The average molecular weight is 368 g/mol. The zero-order valence-corrected chi connectivity index (χ0v) is 15.3. The van der Waals surface area contributed by atoms with Crippen LogP contribution in [0.2, 0.25) is 0 Å². The molecule has 1 aromatic carbocycles. The fourth-order valence-electron chi connectivity index (χ4n) is 1.59.